The molecule has 2 nitrogen and oxygen atoms in total. The number of nitrogens with zero attached hydrogens (tertiary/aromatic N) is 2. The maximum Gasteiger partial charge on any atom is 0.252 e. The zero-order valence-corrected chi connectivity index (χ0v) is 39.3. The summed E-state index contributed by atoms with van der Waals surface area (Å²) in [6, 6.07) is 73.6. The fourth-order valence-corrected chi connectivity index (χ4v) is 20.1. The Morgan fingerprint density at radius 3 is 1.62 bits per heavy atom. The van der Waals surface area contributed by atoms with Gasteiger partial charge in [-0.1, -0.05) is 160 Å². The highest BCUT2D eigenvalue weighted by Gasteiger charge is 2.54. The quantitative estimate of drug-likeness (QED) is 0.159. The van der Waals surface area contributed by atoms with Crippen LogP contribution in [0, 0.1) is 17.8 Å². The Balaban J connectivity index is 1.10. The molecular formula is C62H55BN2Si. The summed E-state index contributed by atoms with van der Waals surface area (Å²) in [5, 5.41) is 5.85. The summed E-state index contributed by atoms with van der Waals surface area (Å²) in [6.45, 7) is 7.03. The van der Waals surface area contributed by atoms with Crippen molar-refractivity contribution in [3.8, 4) is 11.1 Å². The molecule has 0 radical (unpaired) electrons. The fraction of sp³-hybridized carbons (Fsp3) is 0.226. The van der Waals surface area contributed by atoms with Crippen LogP contribution in [0.25, 0.3) is 11.1 Å². The highest BCUT2D eigenvalue weighted by molar-refractivity contribution is 7.22. The standard InChI is InChI=1S/C62H55BN2Si/c1-61(2,3)44-27-29-47(30-28-44)64-54-25-15-14-24-52(54)63-53-36-51-50-23-13-16-26-58(50)66(48-19-9-5-10-20-48,49-21-11-6-12-22-49)59(51)37-55(53)65(46-17-7-4-8-18-46)57-35-45(34-56(64)60(57)63)62-38-41-31-42(39-62)33-43(32-41)40-62/h4-30,34-37,41-43H,31-33,38-40H2,1-3H3. The Morgan fingerprint density at radius 1 is 0.470 bits per heavy atom. The van der Waals surface area contributed by atoms with Gasteiger partial charge < -0.3 is 9.80 Å². The van der Waals surface area contributed by atoms with E-state index in [2.05, 4.69) is 219 Å². The first-order valence-electron chi connectivity index (χ1n) is 24.7. The Morgan fingerprint density at radius 2 is 1.00 bits per heavy atom. The number of rotatable bonds is 5. The third kappa shape index (κ3) is 5.42. The number of anilines is 6. The van der Waals surface area contributed by atoms with Gasteiger partial charge in [-0.3, -0.25) is 0 Å². The molecule has 4 saturated carbocycles. The summed E-state index contributed by atoms with van der Waals surface area (Å²) in [6.07, 6.45) is 8.28. The molecule has 4 aliphatic carbocycles. The van der Waals surface area contributed by atoms with Crippen molar-refractivity contribution in [2.24, 2.45) is 17.8 Å². The normalized spacial score (nSPS) is 22.3. The van der Waals surface area contributed by atoms with Crippen molar-refractivity contribution in [2.45, 2.75) is 70.1 Å². The summed E-state index contributed by atoms with van der Waals surface area (Å²) < 4.78 is 0. The highest BCUT2D eigenvalue weighted by Crippen LogP contribution is 2.62. The van der Waals surface area contributed by atoms with E-state index >= 15 is 0 Å². The molecule has 4 heteroatoms. The molecule has 3 aliphatic heterocycles. The molecule has 8 aromatic carbocycles. The lowest BCUT2D eigenvalue weighted by Gasteiger charge is -2.57. The smallest absolute Gasteiger partial charge is 0.252 e. The molecule has 0 N–H and O–H groups in total. The third-order valence-corrected chi connectivity index (χ3v) is 22.1. The van der Waals surface area contributed by atoms with Gasteiger partial charge in [0.1, 0.15) is 0 Å². The zero-order chi connectivity index (χ0) is 43.9. The molecule has 0 unspecified atom stereocenters. The van der Waals surface area contributed by atoms with Gasteiger partial charge in [0.15, 0.2) is 8.07 Å². The number of fused-ring (bicyclic) bond motifs is 7. The molecular weight excluding hydrogens is 812 g/mol. The minimum atomic E-state index is -2.77. The molecule has 0 amide bonds. The SMILES string of the molecule is CC(C)(C)c1ccc(N2c3ccccc3B3c4cc5c(cc4N(c4ccccc4)c4cc(C67CC8CC(CC(C8)C6)C7)cc2c43)[Si](c2ccccc2)(c2ccccc2)c2ccccc2-5)cc1. The molecule has 7 aliphatic rings. The minimum Gasteiger partial charge on any atom is -0.311 e. The highest BCUT2D eigenvalue weighted by atomic mass is 28.3. The van der Waals surface area contributed by atoms with Gasteiger partial charge in [0.2, 0.25) is 0 Å². The lowest BCUT2D eigenvalue weighted by Crippen LogP contribution is -2.73. The predicted octanol–water partition coefficient (Wildman–Crippen LogP) is 10.9. The second-order valence-corrected chi connectivity index (χ2v) is 25.6. The van der Waals surface area contributed by atoms with Crippen molar-refractivity contribution in [3.63, 3.8) is 0 Å². The third-order valence-electron chi connectivity index (χ3n) is 17.2. The Kier molecular flexibility index (Phi) is 8.29. The molecule has 3 heterocycles. The first kappa shape index (κ1) is 38.9. The van der Waals surface area contributed by atoms with Crippen LogP contribution in [0.1, 0.15) is 70.4 Å². The molecule has 8 aromatic rings. The van der Waals surface area contributed by atoms with Crippen molar-refractivity contribution in [1.29, 1.82) is 0 Å². The molecule has 320 valence electrons. The van der Waals surface area contributed by atoms with Crippen molar-refractivity contribution in [3.05, 3.63) is 199 Å². The molecule has 0 saturated heterocycles. The van der Waals surface area contributed by atoms with Crippen LogP contribution in [-0.4, -0.2) is 14.8 Å². The van der Waals surface area contributed by atoms with Gasteiger partial charge >= 0.3 is 0 Å². The first-order chi connectivity index (χ1) is 32.3. The topological polar surface area (TPSA) is 6.48 Å². The van der Waals surface area contributed by atoms with E-state index in [1.165, 1.54) is 126 Å². The van der Waals surface area contributed by atoms with Crippen molar-refractivity contribution < 1.29 is 0 Å². The zero-order valence-electron chi connectivity index (χ0n) is 38.3. The molecule has 15 rings (SSSR count). The van der Waals surface area contributed by atoms with E-state index < -0.39 is 8.07 Å². The lowest BCUT2D eigenvalue weighted by atomic mass is 9.33. The molecule has 66 heavy (non-hydrogen) atoms. The van der Waals surface area contributed by atoms with E-state index in [0.717, 1.165) is 17.8 Å². The summed E-state index contributed by atoms with van der Waals surface area (Å²) in [4.78, 5) is 5.36. The van der Waals surface area contributed by atoms with Gasteiger partial charge in [0.05, 0.1) is 0 Å². The van der Waals surface area contributed by atoms with Gasteiger partial charge in [-0.15, -0.1) is 0 Å². The number of para-hydroxylation sites is 2. The summed E-state index contributed by atoms with van der Waals surface area (Å²) in [7, 11) is -2.77. The van der Waals surface area contributed by atoms with E-state index in [9.17, 15) is 0 Å². The largest absolute Gasteiger partial charge is 0.311 e. The minimum absolute atomic E-state index is 0.0549. The van der Waals surface area contributed by atoms with Crippen LogP contribution >= 0.6 is 0 Å². The van der Waals surface area contributed by atoms with Crippen LogP contribution in [0.5, 0.6) is 0 Å². The monoisotopic (exact) mass is 866 g/mol. The predicted molar refractivity (Wildman–Crippen MR) is 282 cm³/mol. The molecule has 4 fully saturated rings. The van der Waals surface area contributed by atoms with E-state index in [4.69, 9.17) is 0 Å². The van der Waals surface area contributed by atoms with Gasteiger partial charge in [-0.2, -0.15) is 0 Å². The number of benzene rings is 8. The Hall–Kier alpha value is -6.36. The number of hydrogen-bond donors (Lipinski definition) is 0. The van der Waals surface area contributed by atoms with Crippen molar-refractivity contribution in [2.75, 3.05) is 9.80 Å². The van der Waals surface area contributed by atoms with Crippen molar-refractivity contribution >= 4 is 86.0 Å². The molecule has 0 aromatic heterocycles. The van der Waals surface area contributed by atoms with E-state index in [-0.39, 0.29) is 17.5 Å². The second kappa shape index (κ2) is 14.1. The van der Waals surface area contributed by atoms with E-state index in [0.29, 0.717) is 0 Å². The van der Waals surface area contributed by atoms with Crippen LogP contribution in [-0.2, 0) is 10.8 Å². The number of hydrogen-bond acceptors (Lipinski definition) is 2. The summed E-state index contributed by atoms with van der Waals surface area (Å²) in [5.41, 5.74) is 18.0. The average Bonchev–Trinajstić information content (AvgIpc) is 3.63. The average molecular weight is 867 g/mol. The maximum absolute atomic E-state index is 2.77. The molecule has 0 atom stereocenters. The first-order valence-corrected chi connectivity index (χ1v) is 26.7. The summed E-state index contributed by atoms with van der Waals surface area (Å²) in [5.74, 6) is 2.55. The van der Waals surface area contributed by atoms with Crippen LogP contribution in [0.15, 0.2) is 188 Å². The van der Waals surface area contributed by atoms with Crippen molar-refractivity contribution in [1.82, 2.24) is 0 Å². The van der Waals surface area contributed by atoms with Gasteiger partial charge in [0, 0.05) is 34.1 Å². The molecule has 4 bridgehead atoms. The van der Waals surface area contributed by atoms with Gasteiger partial charge in [-0.05, 0) is 175 Å². The van der Waals surface area contributed by atoms with Crippen LogP contribution < -0.4 is 46.9 Å². The second-order valence-electron chi connectivity index (χ2n) is 21.9. The maximum atomic E-state index is 2.73. The van der Waals surface area contributed by atoms with E-state index in [1.54, 1.807) is 5.56 Å². The van der Waals surface area contributed by atoms with Crippen LogP contribution in [0.2, 0.25) is 0 Å². The fourth-order valence-electron chi connectivity index (χ4n) is 14.9. The van der Waals surface area contributed by atoms with Gasteiger partial charge in [-0.25, -0.2) is 0 Å². The van der Waals surface area contributed by atoms with E-state index in [1.807, 2.05) is 0 Å². The summed E-state index contributed by atoms with van der Waals surface area (Å²) >= 11 is 0. The molecule has 0 spiro atoms. The Labute approximate surface area is 392 Å². The van der Waals surface area contributed by atoms with Gasteiger partial charge in [0.25, 0.3) is 6.71 Å². The van der Waals surface area contributed by atoms with Crippen LogP contribution in [0.4, 0.5) is 34.1 Å². The lowest BCUT2D eigenvalue weighted by molar-refractivity contribution is -0.00514. The Bertz CT molecular complexity index is 3150. The van der Waals surface area contributed by atoms with Crippen LogP contribution in [0.3, 0.4) is 0 Å².